The number of methoxy groups -OCH3 is 1. The van der Waals surface area contributed by atoms with Gasteiger partial charge in [-0.25, -0.2) is 4.39 Å². The summed E-state index contributed by atoms with van der Waals surface area (Å²) in [5.74, 6) is 1.72. The summed E-state index contributed by atoms with van der Waals surface area (Å²) in [6.07, 6.45) is 2.91. The summed E-state index contributed by atoms with van der Waals surface area (Å²) in [5, 5.41) is 13.4. The maximum atomic E-state index is 13.6. The molecule has 28 heavy (non-hydrogen) atoms. The molecular weight excluding hydrogens is 474 g/mol. The Morgan fingerprint density at radius 3 is 2.64 bits per heavy atom. The van der Waals surface area contributed by atoms with Crippen molar-refractivity contribution in [2.75, 3.05) is 46.9 Å². The highest BCUT2D eigenvalue weighted by molar-refractivity contribution is 14.0. The number of piperazine rings is 1. The zero-order valence-electron chi connectivity index (χ0n) is 16.7. The van der Waals surface area contributed by atoms with Gasteiger partial charge in [0.2, 0.25) is 0 Å². The molecule has 1 aliphatic heterocycles. The van der Waals surface area contributed by atoms with Crippen LogP contribution in [0.2, 0.25) is 0 Å². The summed E-state index contributed by atoms with van der Waals surface area (Å²) in [6.45, 7) is 4.94. The molecule has 1 aliphatic carbocycles. The Labute approximate surface area is 184 Å². The van der Waals surface area contributed by atoms with Crippen molar-refractivity contribution in [1.29, 1.82) is 0 Å². The van der Waals surface area contributed by atoms with Crippen molar-refractivity contribution in [2.45, 2.75) is 31.9 Å². The molecule has 1 saturated heterocycles. The Kier molecular flexibility index (Phi) is 9.23. The number of aliphatic hydroxyl groups excluding tert-OH is 1. The number of nitrogens with one attached hydrogen (secondary N) is 1. The second-order valence-corrected chi connectivity index (χ2v) is 7.41. The van der Waals surface area contributed by atoms with E-state index in [1.54, 1.807) is 26.3 Å². The lowest BCUT2D eigenvalue weighted by atomic mass is 10.1. The second-order valence-electron chi connectivity index (χ2n) is 7.41. The summed E-state index contributed by atoms with van der Waals surface area (Å²) >= 11 is 0. The lowest BCUT2D eigenvalue weighted by Crippen LogP contribution is -2.53. The van der Waals surface area contributed by atoms with E-state index in [0.29, 0.717) is 12.5 Å². The van der Waals surface area contributed by atoms with Gasteiger partial charge in [0.1, 0.15) is 11.6 Å². The van der Waals surface area contributed by atoms with Crippen LogP contribution in [0.3, 0.4) is 0 Å². The Morgan fingerprint density at radius 1 is 1.29 bits per heavy atom. The fraction of sp³-hybridized carbons (Fsp3) is 0.650. The van der Waals surface area contributed by atoms with E-state index in [2.05, 4.69) is 20.1 Å². The first-order valence-electron chi connectivity index (χ1n) is 9.79. The molecule has 158 valence electrons. The van der Waals surface area contributed by atoms with Crippen LogP contribution < -0.4 is 10.1 Å². The van der Waals surface area contributed by atoms with Crippen molar-refractivity contribution in [2.24, 2.45) is 10.9 Å². The number of halogens is 2. The molecule has 2 aliphatic rings. The topological polar surface area (TPSA) is 60.3 Å². The smallest absolute Gasteiger partial charge is 0.193 e. The molecule has 3 rings (SSSR count). The molecule has 0 radical (unpaired) electrons. The van der Waals surface area contributed by atoms with Crippen molar-refractivity contribution >= 4 is 29.9 Å². The zero-order chi connectivity index (χ0) is 19.2. The van der Waals surface area contributed by atoms with Crippen LogP contribution in [0.4, 0.5) is 4.39 Å². The Morgan fingerprint density at radius 2 is 2.04 bits per heavy atom. The molecule has 2 N–H and O–H groups in total. The highest BCUT2D eigenvalue weighted by Crippen LogP contribution is 2.25. The summed E-state index contributed by atoms with van der Waals surface area (Å²) in [7, 11) is 3.42. The van der Waals surface area contributed by atoms with Gasteiger partial charge >= 0.3 is 0 Å². The minimum Gasteiger partial charge on any atom is -0.496 e. The molecule has 0 aromatic heterocycles. The van der Waals surface area contributed by atoms with E-state index >= 15 is 0 Å². The van der Waals surface area contributed by atoms with E-state index in [4.69, 9.17) is 4.74 Å². The summed E-state index contributed by atoms with van der Waals surface area (Å²) in [4.78, 5) is 8.97. The number of hydrogen-bond acceptors (Lipinski definition) is 4. The number of guanidine groups is 1. The molecule has 1 saturated carbocycles. The van der Waals surface area contributed by atoms with Gasteiger partial charge in [-0.3, -0.25) is 9.89 Å². The molecule has 1 aromatic carbocycles. The Hall–Kier alpha value is -1.13. The quantitative estimate of drug-likeness (QED) is 0.365. The molecule has 1 heterocycles. The summed E-state index contributed by atoms with van der Waals surface area (Å²) < 4.78 is 18.9. The third-order valence-corrected chi connectivity index (χ3v) is 5.66. The van der Waals surface area contributed by atoms with Crippen molar-refractivity contribution in [3.05, 3.63) is 29.6 Å². The average molecular weight is 506 g/mol. The van der Waals surface area contributed by atoms with Gasteiger partial charge in [-0.2, -0.15) is 0 Å². The lowest BCUT2D eigenvalue weighted by Gasteiger charge is -2.37. The lowest BCUT2D eigenvalue weighted by molar-refractivity contribution is 0.132. The average Bonchev–Trinajstić information content (AvgIpc) is 3.08. The highest BCUT2D eigenvalue weighted by Gasteiger charge is 2.26. The van der Waals surface area contributed by atoms with Crippen LogP contribution in [-0.4, -0.2) is 73.9 Å². The van der Waals surface area contributed by atoms with Crippen molar-refractivity contribution in [3.8, 4) is 5.75 Å². The normalized spacial score (nSPS) is 23.4. The summed E-state index contributed by atoms with van der Waals surface area (Å²) in [6, 6.07) is 4.67. The number of rotatable bonds is 5. The van der Waals surface area contributed by atoms with Gasteiger partial charge < -0.3 is 20.1 Å². The van der Waals surface area contributed by atoms with Crippen LogP contribution in [-0.2, 0) is 6.54 Å². The van der Waals surface area contributed by atoms with Crippen LogP contribution >= 0.6 is 24.0 Å². The minimum atomic E-state index is -0.233. The molecular formula is C20H32FIN4O2. The van der Waals surface area contributed by atoms with E-state index in [-0.39, 0.29) is 35.9 Å². The van der Waals surface area contributed by atoms with Gasteiger partial charge in [-0.1, -0.05) is 6.42 Å². The van der Waals surface area contributed by atoms with Gasteiger partial charge in [0.15, 0.2) is 5.96 Å². The number of aliphatic hydroxyl groups is 1. The number of aliphatic imine (C=N–C) groups is 1. The van der Waals surface area contributed by atoms with Crippen LogP contribution in [0, 0.1) is 11.7 Å². The van der Waals surface area contributed by atoms with Crippen LogP contribution in [0.5, 0.6) is 5.75 Å². The van der Waals surface area contributed by atoms with Crippen molar-refractivity contribution < 1.29 is 14.2 Å². The van der Waals surface area contributed by atoms with E-state index in [1.165, 1.54) is 6.07 Å². The van der Waals surface area contributed by atoms with Crippen molar-refractivity contribution in [1.82, 2.24) is 15.1 Å². The molecule has 0 spiro atoms. The molecule has 1 aromatic rings. The zero-order valence-corrected chi connectivity index (χ0v) is 19.1. The highest BCUT2D eigenvalue weighted by atomic mass is 127. The van der Waals surface area contributed by atoms with Gasteiger partial charge in [0.05, 0.1) is 13.2 Å². The van der Waals surface area contributed by atoms with E-state index < -0.39 is 0 Å². The first kappa shape index (κ1) is 23.2. The van der Waals surface area contributed by atoms with E-state index in [1.807, 2.05) is 0 Å². The molecule has 8 heteroatoms. The molecule has 0 amide bonds. The van der Waals surface area contributed by atoms with E-state index in [0.717, 1.165) is 69.3 Å². The predicted molar refractivity (Wildman–Crippen MR) is 120 cm³/mol. The number of ether oxygens (including phenoxy) is 1. The van der Waals surface area contributed by atoms with Gasteiger partial charge in [-0.05, 0) is 31.0 Å². The molecule has 2 unspecified atom stereocenters. The SMILES string of the molecule is CN=C(NCC1CCCC1O)N1CCN(Cc2cc(F)ccc2OC)CC1.I. The summed E-state index contributed by atoms with van der Waals surface area (Å²) in [5.41, 5.74) is 0.878. The van der Waals surface area contributed by atoms with Crippen LogP contribution in [0.25, 0.3) is 0 Å². The fourth-order valence-electron chi connectivity index (χ4n) is 4.04. The third kappa shape index (κ3) is 5.93. The first-order valence-corrected chi connectivity index (χ1v) is 9.79. The standard InChI is InChI=1S/C20H31FN4O2.HI/c1-22-20(23-13-15-4-3-5-18(15)26)25-10-8-24(9-11-25)14-16-12-17(21)6-7-19(16)27-2;/h6-7,12,15,18,26H,3-5,8-11,13-14H2,1-2H3,(H,22,23);1H. The van der Waals surface area contributed by atoms with E-state index in [9.17, 15) is 9.50 Å². The second kappa shape index (κ2) is 11.2. The number of hydrogen-bond donors (Lipinski definition) is 2. The van der Waals surface area contributed by atoms with Gasteiger partial charge in [0.25, 0.3) is 0 Å². The monoisotopic (exact) mass is 506 g/mol. The van der Waals surface area contributed by atoms with Crippen LogP contribution in [0.15, 0.2) is 23.2 Å². The van der Waals surface area contributed by atoms with Gasteiger partial charge in [-0.15, -0.1) is 24.0 Å². The maximum absolute atomic E-state index is 13.6. The largest absolute Gasteiger partial charge is 0.496 e. The molecule has 2 fully saturated rings. The first-order chi connectivity index (χ1) is 13.1. The Bertz CT molecular complexity index is 653. The molecule has 6 nitrogen and oxygen atoms in total. The third-order valence-electron chi connectivity index (χ3n) is 5.66. The maximum Gasteiger partial charge on any atom is 0.193 e. The molecule has 0 bridgehead atoms. The van der Waals surface area contributed by atoms with Gasteiger partial charge in [0, 0.05) is 57.8 Å². The fourth-order valence-corrected chi connectivity index (χ4v) is 4.04. The molecule has 2 atom stereocenters. The minimum absolute atomic E-state index is 0. The number of benzene rings is 1. The Balaban J connectivity index is 0.00000280. The van der Waals surface area contributed by atoms with Crippen LogP contribution in [0.1, 0.15) is 24.8 Å². The predicted octanol–water partition coefficient (Wildman–Crippen LogP) is 2.31. The number of nitrogens with zero attached hydrogens (tertiary/aromatic N) is 3. The van der Waals surface area contributed by atoms with Crippen molar-refractivity contribution in [3.63, 3.8) is 0 Å².